The molecule has 104 valence electrons. The van der Waals surface area contributed by atoms with E-state index in [1.165, 1.54) is 24.8 Å². The normalized spacial score (nSPS) is 22.8. The Hall–Kier alpha value is -1.06. The zero-order valence-corrected chi connectivity index (χ0v) is 11.8. The molecule has 3 nitrogen and oxygen atoms in total. The number of hydrogen-bond acceptors (Lipinski definition) is 3. The van der Waals surface area contributed by atoms with Crippen molar-refractivity contribution in [2.24, 2.45) is 5.92 Å². The van der Waals surface area contributed by atoms with Gasteiger partial charge in [0.2, 0.25) is 0 Å². The molecule has 1 heterocycles. The molecule has 1 saturated heterocycles. The lowest BCUT2D eigenvalue weighted by Gasteiger charge is -2.43. The molecule has 0 aromatic heterocycles. The van der Waals surface area contributed by atoms with Gasteiger partial charge in [-0.2, -0.15) is 0 Å². The summed E-state index contributed by atoms with van der Waals surface area (Å²) in [4.78, 5) is 2.65. The first kappa shape index (κ1) is 12.9. The maximum Gasteiger partial charge on any atom is 0.123 e. The Morgan fingerprint density at radius 3 is 2.58 bits per heavy atom. The van der Waals surface area contributed by atoms with Crippen molar-refractivity contribution in [1.82, 2.24) is 10.2 Å². The van der Waals surface area contributed by atoms with E-state index in [9.17, 15) is 0 Å². The van der Waals surface area contributed by atoms with Gasteiger partial charge in [-0.15, -0.1) is 0 Å². The maximum absolute atomic E-state index is 5.59. The lowest BCUT2D eigenvalue weighted by atomic mass is 9.76. The SMILES string of the molecule is COc1ccccc1C(C1CCC1)N1CCNCC1. The molecule has 0 bridgehead atoms. The smallest absolute Gasteiger partial charge is 0.123 e. The highest BCUT2D eigenvalue weighted by molar-refractivity contribution is 5.36. The summed E-state index contributed by atoms with van der Waals surface area (Å²) < 4.78 is 5.59. The molecule has 1 aromatic carbocycles. The molecule has 1 N–H and O–H groups in total. The summed E-state index contributed by atoms with van der Waals surface area (Å²) in [6, 6.07) is 9.11. The van der Waals surface area contributed by atoms with Crippen LogP contribution in [-0.4, -0.2) is 38.2 Å². The first-order chi connectivity index (χ1) is 9.40. The third-order valence-corrected chi connectivity index (χ3v) is 4.60. The van der Waals surface area contributed by atoms with Gasteiger partial charge in [-0.05, 0) is 24.8 Å². The van der Waals surface area contributed by atoms with Crippen molar-refractivity contribution in [3.63, 3.8) is 0 Å². The van der Waals surface area contributed by atoms with Crippen LogP contribution in [0.3, 0.4) is 0 Å². The van der Waals surface area contributed by atoms with Crippen molar-refractivity contribution in [3.8, 4) is 5.75 Å². The number of rotatable bonds is 4. The van der Waals surface area contributed by atoms with Crippen molar-refractivity contribution in [1.29, 1.82) is 0 Å². The van der Waals surface area contributed by atoms with Gasteiger partial charge in [-0.3, -0.25) is 4.90 Å². The topological polar surface area (TPSA) is 24.5 Å². The standard InChI is InChI=1S/C16H24N2O/c1-19-15-8-3-2-7-14(15)16(13-5-4-6-13)18-11-9-17-10-12-18/h2-3,7-8,13,16-17H,4-6,9-12H2,1H3. The molecule has 1 unspecified atom stereocenters. The minimum atomic E-state index is 0.548. The molecule has 1 atom stereocenters. The zero-order chi connectivity index (χ0) is 13.1. The monoisotopic (exact) mass is 260 g/mol. The highest BCUT2D eigenvalue weighted by Crippen LogP contribution is 2.44. The molecule has 1 aromatic rings. The van der Waals surface area contributed by atoms with Crippen molar-refractivity contribution < 1.29 is 4.74 Å². The number of para-hydroxylation sites is 1. The first-order valence-electron chi connectivity index (χ1n) is 7.48. The molecule has 0 radical (unpaired) electrons. The van der Waals surface area contributed by atoms with Crippen LogP contribution >= 0.6 is 0 Å². The van der Waals surface area contributed by atoms with Gasteiger partial charge in [0.1, 0.15) is 5.75 Å². The summed E-state index contributed by atoms with van der Waals surface area (Å²) in [5.41, 5.74) is 1.39. The summed E-state index contributed by atoms with van der Waals surface area (Å²) in [5, 5.41) is 3.45. The predicted molar refractivity (Wildman–Crippen MR) is 77.5 cm³/mol. The fourth-order valence-electron chi connectivity index (χ4n) is 3.38. The summed E-state index contributed by atoms with van der Waals surface area (Å²) in [7, 11) is 1.79. The lowest BCUT2D eigenvalue weighted by Crippen LogP contribution is -2.47. The number of piperazine rings is 1. The summed E-state index contributed by atoms with van der Waals surface area (Å²) in [6.07, 6.45) is 4.13. The van der Waals surface area contributed by atoms with Gasteiger partial charge in [0.05, 0.1) is 7.11 Å². The highest BCUT2D eigenvalue weighted by Gasteiger charge is 2.34. The van der Waals surface area contributed by atoms with Crippen LogP contribution in [0.1, 0.15) is 30.9 Å². The summed E-state index contributed by atoms with van der Waals surface area (Å²) in [5.74, 6) is 1.87. The van der Waals surface area contributed by atoms with Crippen molar-refractivity contribution in [2.45, 2.75) is 25.3 Å². The third kappa shape index (κ3) is 2.63. The Labute approximate surface area is 115 Å². The van der Waals surface area contributed by atoms with Gasteiger partial charge in [0.15, 0.2) is 0 Å². The molecular weight excluding hydrogens is 236 g/mol. The van der Waals surface area contributed by atoms with E-state index in [4.69, 9.17) is 4.74 Å². The van der Waals surface area contributed by atoms with Crippen molar-refractivity contribution in [2.75, 3.05) is 33.3 Å². The van der Waals surface area contributed by atoms with Crippen molar-refractivity contribution in [3.05, 3.63) is 29.8 Å². The van der Waals surface area contributed by atoms with E-state index < -0.39 is 0 Å². The maximum atomic E-state index is 5.59. The minimum Gasteiger partial charge on any atom is -0.496 e. The van der Waals surface area contributed by atoms with E-state index in [2.05, 4.69) is 34.5 Å². The van der Waals surface area contributed by atoms with Gasteiger partial charge in [0.25, 0.3) is 0 Å². The highest BCUT2D eigenvalue weighted by atomic mass is 16.5. The van der Waals surface area contributed by atoms with E-state index in [1.54, 1.807) is 7.11 Å². The van der Waals surface area contributed by atoms with E-state index in [-0.39, 0.29) is 0 Å². The molecule has 0 spiro atoms. The number of hydrogen-bond donors (Lipinski definition) is 1. The number of nitrogens with one attached hydrogen (secondary N) is 1. The van der Waals surface area contributed by atoms with Crippen LogP contribution in [0.5, 0.6) is 5.75 Å². The average molecular weight is 260 g/mol. The van der Waals surface area contributed by atoms with Gasteiger partial charge < -0.3 is 10.1 Å². The minimum absolute atomic E-state index is 0.548. The van der Waals surface area contributed by atoms with Crippen LogP contribution in [-0.2, 0) is 0 Å². The Bertz CT molecular complexity index is 411. The van der Waals surface area contributed by atoms with Crippen LogP contribution in [0.2, 0.25) is 0 Å². The molecule has 19 heavy (non-hydrogen) atoms. The molecule has 3 rings (SSSR count). The molecule has 0 amide bonds. The van der Waals surface area contributed by atoms with Gasteiger partial charge in [0, 0.05) is 37.8 Å². The molecule has 1 aliphatic carbocycles. The van der Waals surface area contributed by atoms with E-state index in [0.29, 0.717) is 6.04 Å². The largest absolute Gasteiger partial charge is 0.496 e. The Balaban J connectivity index is 1.88. The van der Waals surface area contributed by atoms with Crippen LogP contribution < -0.4 is 10.1 Å². The Morgan fingerprint density at radius 2 is 1.95 bits per heavy atom. The van der Waals surface area contributed by atoms with E-state index >= 15 is 0 Å². The fourth-order valence-corrected chi connectivity index (χ4v) is 3.38. The molecule has 1 saturated carbocycles. The average Bonchev–Trinajstić information content (AvgIpc) is 2.43. The van der Waals surface area contributed by atoms with Crippen LogP contribution in [0, 0.1) is 5.92 Å². The number of ether oxygens (including phenoxy) is 1. The molecular formula is C16H24N2O. The quantitative estimate of drug-likeness (QED) is 0.900. The van der Waals surface area contributed by atoms with E-state index in [0.717, 1.165) is 37.8 Å². The Morgan fingerprint density at radius 1 is 1.21 bits per heavy atom. The summed E-state index contributed by atoms with van der Waals surface area (Å²) >= 11 is 0. The molecule has 2 aliphatic rings. The first-order valence-corrected chi connectivity index (χ1v) is 7.48. The Kier molecular flexibility index (Phi) is 4.04. The molecule has 2 fully saturated rings. The van der Waals surface area contributed by atoms with Crippen LogP contribution in [0.4, 0.5) is 0 Å². The molecule has 1 aliphatic heterocycles. The van der Waals surface area contributed by atoms with Gasteiger partial charge >= 0.3 is 0 Å². The second-order valence-corrected chi connectivity index (χ2v) is 5.66. The molecule has 3 heteroatoms. The summed E-state index contributed by atoms with van der Waals surface area (Å²) in [6.45, 7) is 4.52. The number of methoxy groups -OCH3 is 1. The van der Waals surface area contributed by atoms with E-state index in [1.807, 2.05) is 0 Å². The second kappa shape index (κ2) is 5.93. The zero-order valence-electron chi connectivity index (χ0n) is 11.8. The van der Waals surface area contributed by atoms with Crippen molar-refractivity contribution >= 4 is 0 Å². The number of benzene rings is 1. The number of nitrogens with zero attached hydrogens (tertiary/aromatic N) is 1. The third-order valence-electron chi connectivity index (χ3n) is 4.60. The van der Waals surface area contributed by atoms with Gasteiger partial charge in [-0.1, -0.05) is 24.6 Å². The van der Waals surface area contributed by atoms with Crippen LogP contribution in [0.25, 0.3) is 0 Å². The fraction of sp³-hybridized carbons (Fsp3) is 0.625. The lowest BCUT2D eigenvalue weighted by molar-refractivity contribution is 0.0818. The predicted octanol–water partition coefficient (Wildman–Crippen LogP) is 2.44. The second-order valence-electron chi connectivity index (χ2n) is 5.66. The van der Waals surface area contributed by atoms with Crippen LogP contribution in [0.15, 0.2) is 24.3 Å². The van der Waals surface area contributed by atoms with Gasteiger partial charge in [-0.25, -0.2) is 0 Å².